The standard InChI is InChI=1S/C16H17NO4/c1-20-15(18)8-12(9-16(19)21-2)13-7-11-5-3-4-6-14(11)17-10-13/h3-7,10,12H,8-9H2,1-2H3. The zero-order valence-corrected chi connectivity index (χ0v) is 12.0. The Labute approximate surface area is 122 Å². The van der Waals surface area contributed by atoms with Crippen LogP contribution in [-0.2, 0) is 19.1 Å². The maximum absolute atomic E-state index is 11.5. The number of rotatable bonds is 5. The molecular formula is C16H17NO4. The second-order valence-corrected chi connectivity index (χ2v) is 4.72. The van der Waals surface area contributed by atoms with E-state index in [-0.39, 0.29) is 30.7 Å². The van der Waals surface area contributed by atoms with E-state index in [1.165, 1.54) is 14.2 Å². The first-order valence-electron chi connectivity index (χ1n) is 6.62. The number of para-hydroxylation sites is 1. The molecule has 0 saturated carbocycles. The van der Waals surface area contributed by atoms with Crippen molar-refractivity contribution in [1.29, 1.82) is 0 Å². The highest BCUT2D eigenvalue weighted by Crippen LogP contribution is 2.26. The van der Waals surface area contributed by atoms with Gasteiger partial charge < -0.3 is 9.47 Å². The number of hydrogen-bond acceptors (Lipinski definition) is 5. The van der Waals surface area contributed by atoms with Crippen LogP contribution in [0.1, 0.15) is 24.3 Å². The second kappa shape index (κ2) is 6.83. The van der Waals surface area contributed by atoms with Crippen molar-refractivity contribution in [3.63, 3.8) is 0 Å². The third-order valence-electron chi connectivity index (χ3n) is 3.36. The van der Waals surface area contributed by atoms with Crippen LogP contribution in [0.5, 0.6) is 0 Å². The first-order valence-corrected chi connectivity index (χ1v) is 6.62. The van der Waals surface area contributed by atoms with Crippen LogP contribution in [0, 0.1) is 0 Å². The van der Waals surface area contributed by atoms with Gasteiger partial charge in [0, 0.05) is 17.5 Å². The maximum Gasteiger partial charge on any atom is 0.306 e. The van der Waals surface area contributed by atoms with E-state index in [0.29, 0.717) is 0 Å². The Bertz CT molecular complexity index is 636. The van der Waals surface area contributed by atoms with Crippen LogP contribution in [-0.4, -0.2) is 31.1 Å². The van der Waals surface area contributed by atoms with Gasteiger partial charge in [0.2, 0.25) is 0 Å². The summed E-state index contributed by atoms with van der Waals surface area (Å²) in [4.78, 5) is 27.4. The molecule has 1 aromatic heterocycles. The molecule has 0 spiro atoms. The molecule has 0 saturated heterocycles. The Balaban J connectivity index is 2.32. The Kier molecular flexibility index (Phi) is 4.87. The molecule has 5 nitrogen and oxygen atoms in total. The zero-order chi connectivity index (χ0) is 15.2. The number of carbonyl (C=O) groups is 2. The van der Waals surface area contributed by atoms with E-state index in [9.17, 15) is 9.59 Å². The highest BCUT2D eigenvalue weighted by molar-refractivity contribution is 5.80. The number of esters is 2. The third kappa shape index (κ3) is 3.78. The van der Waals surface area contributed by atoms with Gasteiger partial charge in [-0.05, 0) is 17.7 Å². The van der Waals surface area contributed by atoms with E-state index in [1.807, 2.05) is 30.3 Å². The van der Waals surface area contributed by atoms with Crippen molar-refractivity contribution in [3.8, 4) is 0 Å². The molecule has 0 aliphatic rings. The summed E-state index contributed by atoms with van der Waals surface area (Å²) in [5.74, 6) is -1.03. The molecule has 110 valence electrons. The van der Waals surface area contributed by atoms with Gasteiger partial charge in [-0.15, -0.1) is 0 Å². The van der Waals surface area contributed by atoms with Crippen LogP contribution in [0.2, 0.25) is 0 Å². The van der Waals surface area contributed by atoms with Gasteiger partial charge in [-0.3, -0.25) is 14.6 Å². The molecule has 0 amide bonds. The van der Waals surface area contributed by atoms with Crippen LogP contribution in [0.15, 0.2) is 36.5 Å². The highest BCUT2D eigenvalue weighted by Gasteiger charge is 2.21. The summed E-state index contributed by atoms with van der Waals surface area (Å²) in [7, 11) is 2.66. The average Bonchev–Trinajstić information content (AvgIpc) is 2.53. The largest absolute Gasteiger partial charge is 0.469 e. The minimum absolute atomic E-state index is 0.117. The summed E-state index contributed by atoms with van der Waals surface area (Å²) >= 11 is 0. The number of carbonyl (C=O) groups excluding carboxylic acids is 2. The smallest absolute Gasteiger partial charge is 0.306 e. The Hall–Kier alpha value is -2.43. The monoisotopic (exact) mass is 287 g/mol. The quantitative estimate of drug-likeness (QED) is 0.790. The van der Waals surface area contributed by atoms with Gasteiger partial charge in [-0.2, -0.15) is 0 Å². The van der Waals surface area contributed by atoms with E-state index in [4.69, 9.17) is 9.47 Å². The van der Waals surface area contributed by atoms with Crippen molar-refractivity contribution in [2.45, 2.75) is 18.8 Å². The fraction of sp³-hybridized carbons (Fsp3) is 0.312. The summed E-state index contributed by atoms with van der Waals surface area (Å²) in [5, 5.41) is 0.967. The van der Waals surface area contributed by atoms with Gasteiger partial charge in [0.1, 0.15) is 0 Å². The fourth-order valence-corrected chi connectivity index (χ4v) is 2.19. The van der Waals surface area contributed by atoms with E-state index >= 15 is 0 Å². The molecule has 0 atom stereocenters. The number of hydrogen-bond donors (Lipinski definition) is 0. The minimum Gasteiger partial charge on any atom is -0.469 e. The van der Waals surface area contributed by atoms with Crippen LogP contribution >= 0.6 is 0 Å². The summed E-state index contributed by atoms with van der Waals surface area (Å²) in [6.45, 7) is 0. The van der Waals surface area contributed by atoms with Crippen LogP contribution in [0.4, 0.5) is 0 Å². The number of methoxy groups -OCH3 is 2. The van der Waals surface area contributed by atoms with Crippen molar-refractivity contribution < 1.29 is 19.1 Å². The summed E-state index contributed by atoms with van der Waals surface area (Å²) in [6.07, 6.45) is 1.93. The first-order chi connectivity index (χ1) is 10.1. The van der Waals surface area contributed by atoms with E-state index in [1.54, 1.807) is 6.20 Å². The maximum atomic E-state index is 11.5. The fourth-order valence-electron chi connectivity index (χ4n) is 2.19. The molecule has 0 aliphatic carbocycles. The van der Waals surface area contributed by atoms with E-state index < -0.39 is 0 Å². The Morgan fingerprint density at radius 3 is 2.33 bits per heavy atom. The summed E-state index contributed by atoms with van der Waals surface area (Å²) in [6, 6.07) is 9.63. The van der Waals surface area contributed by atoms with E-state index in [0.717, 1.165) is 16.5 Å². The Morgan fingerprint density at radius 2 is 1.71 bits per heavy atom. The molecule has 5 heteroatoms. The van der Waals surface area contributed by atoms with Gasteiger partial charge in [-0.1, -0.05) is 18.2 Å². The predicted molar refractivity (Wildman–Crippen MR) is 77.8 cm³/mol. The molecule has 0 N–H and O–H groups in total. The molecule has 0 bridgehead atoms. The number of nitrogens with zero attached hydrogens (tertiary/aromatic N) is 1. The number of benzene rings is 1. The van der Waals surface area contributed by atoms with Gasteiger partial charge >= 0.3 is 11.9 Å². The van der Waals surface area contributed by atoms with Crippen molar-refractivity contribution in [1.82, 2.24) is 4.98 Å². The van der Waals surface area contributed by atoms with Crippen molar-refractivity contribution >= 4 is 22.8 Å². The Morgan fingerprint density at radius 1 is 1.10 bits per heavy atom. The number of aromatic nitrogens is 1. The SMILES string of the molecule is COC(=O)CC(CC(=O)OC)c1cnc2ccccc2c1. The highest BCUT2D eigenvalue weighted by atomic mass is 16.5. The number of ether oxygens (including phenoxy) is 2. The molecule has 2 aromatic rings. The lowest BCUT2D eigenvalue weighted by molar-refractivity contribution is -0.143. The molecule has 1 aromatic carbocycles. The molecule has 21 heavy (non-hydrogen) atoms. The lowest BCUT2D eigenvalue weighted by Gasteiger charge is -2.15. The van der Waals surface area contributed by atoms with Gasteiger partial charge in [0.15, 0.2) is 0 Å². The first kappa shape index (κ1) is 15.0. The van der Waals surface area contributed by atoms with Gasteiger partial charge in [0.05, 0.1) is 32.6 Å². The lowest BCUT2D eigenvalue weighted by atomic mass is 9.93. The summed E-state index contributed by atoms with van der Waals surface area (Å²) < 4.78 is 9.39. The molecular weight excluding hydrogens is 270 g/mol. The van der Waals surface area contributed by atoms with E-state index in [2.05, 4.69) is 4.98 Å². The molecule has 0 unspecified atom stereocenters. The third-order valence-corrected chi connectivity index (χ3v) is 3.36. The average molecular weight is 287 g/mol. The van der Waals surface area contributed by atoms with Crippen LogP contribution < -0.4 is 0 Å². The zero-order valence-electron chi connectivity index (χ0n) is 12.0. The van der Waals surface area contributed by atoms with Crippen molar-refractivity contribution in [2.24, 2.45) is 0 Å². The summed E-state index contributed by atoms with van der Waals surface area (Å²) in [5.41, 5.74) is 1.70. The van der Waals surface area contributed by atoms with Crippen molar-refractivity contribution in [2.75, 3.05) is 14.2 Å². The minimum atomic E-state index is -0.364. The molecule has 0 fully saturated rings. The molecule has 2 rings (SSSR count). The predicted octanol–water partition coefficient (Wildman–Crippen LogP) is 2.44. The van der Waals surface area contributed by atoms with Crippen LogP contribution in [0.3, 0.4) is 0 Å². The normalized spacial score (nSPS) is 10.6. The number of fused-ring (bicyclic) bond motifs is 1. The number of pyridine rings is 1. The van der Waals surface area contributed by atoms with Gasteiger partial charge in [-0.25, -0.2) is 0 Å². The van der Waals surface area contributed by atoms with Crippen LogP contribution in [0.25, 0.3) is 10.9 Å². The molecule has 1 heterocycles. The topological polar surface area (TPSA) is 65.5 Å². The second-order valence-electron chi connectivity index (χ2n) is 4.72. The van der Waals surface area contributed by atoms with Crippen molar-refractivity contribution in [3.05, 3.63) is 42.1 Å². The molecule has 0 aliphatic heterocycles. The van der Waals surface area contributed by atoms with Gasteiger partial charge in [0.25, 0.3) is 0 Å². The lowest BCUT2D eigenvalue weighted by Crippen LogP contribution is -2.14. The molecule has 0 radical (unpaired) electrons.